The van der Waals surface area contributed by atoms with Crippen LogP contribution in [0, 0.1) is 0 Å². The number of urea groups is 1. The van der Waals surface area contributed by atoms with Crippen molar-refractivity contribution in [1.29, 1.82) is 0 Å². The zero-order valence-electron chi connectivity index (χ0n) is 11.3. The van der Waals surface area contributed by atoms with Gasteiger partial charge in [-0.15, -0.1) is 10.2 Å². The van der Waals surface area contributed by atoms with E-state index in [-0.39, 0.29) is 18.5 Å². The molecule has 2 heterocycles. The molecule has 7 nitrogen and oxygen atoms in total. The highest BCUT2D eigenvalue weighted by Gasteiger charge is 2.27. The Morgan fingerprint density at radius 2 is 2.23 bits per heavy atom. The van der Waals surface area contributed by atoms with Crippen LogP contribution in [0.1, 0.15) is 0 Å². The van der Waals surface area contributed by atoms with Gasteiger partial charge in [-0.05, 0) is 18.2 Å². The second-order valence-electron chi connectivity index (χ2n) is 4.44. The second kappa shape index (κ2) is 6.37. The Labute approximate surface area is 135 Å². The Hall–Kier alpha value is -2.06. The highest BCUT2D eigenvalue weighted by atomic mass is 35.5. The molecule has 1 aromatic heterocycles. The molecule has 1 saturated heterocycles. The first-order valence-electron chi connectivity index (χ1n) is 6.44. The minimum atomic E-state index is -0.365. The van der Waals surface area contributed by atoms with Gasteiger partial charge in [0.1, 0.15) is 0 Å². The number of carbonyl (C=O) groups is 2. The first-order chi connectivity index (χ1) is 10.6. The van der Waals surface area contributed by atoms with Gasteiger partial charge in [0.15, 0.2) is 0 Å². The first-order valence-corrected chi connectivity index (χ1v) is 7.80. The standard InChI is InChI=1S/C13H11ClN4O3S/c14-9-3-1-2-8(6-9)11-16-17-13(21-11)22-5-4-18-10(19)7-15-12(18)20/h1-3,6H,4-5,7H2,(H,15,20). The Balaban J connectivity index is 1.58. The predicted octanol–water partition coefficient (Wildman–Crippen LogP) is 2.03. The minimum Gasteiger partial charge on any atom is -0.411 e. The Bertz CT molecular complexity index is 705. The van der Waals surface area contributed by atoms with Crippen molar-refractivity contribution in [2.24, 2.45) is 0 Å². The molecular formula is C13H11ClN4O3S. The molecule has 0 atom stereocenters. The molecule has 1 aromatic carbocycles. The SMILES string of the molecule is O=C1CNC(=O)N1CCSc1nnc(-c2cccc(Cl)c2)o1. The summed E-state index contributed by atoms with van der Waals surface area (Å²) >= 11 is 7.20. The zero-order valence-corrected chi connectivity index (χ0v) is 12.9. The average Bonchev–Trinajstić information content (AvgIpc) is 3.09. The summed E-state index contributed by atoms with van der Waals surface area (Å²) in [6.07, 6.45) is 0. The Morgan fingerprint density at radius 3 is 2.95 bits per heavy atom. The van der Waals surface area contributed by atoms with Crippen LogP contribution in [-0.4, -0.2) is 45.9 Å². The number of nitrogens with one attached hydrogen (secondary N) is 1. The predicted molar refractivity (Wildman–Crippen MR) is 80.6 cm³/mol. The fraction of sp³-hybridized carbons (Fsp3) is 0.231. The van der Waals surface area contributed by atoms with Gasteiger partial charge in [-0.25, -0.2) is 4.79 Å². The fourth-order valence-electron chi connectivity index (χ4n) is 1.91. The maximum atomic E-state index is 11.4. The molecule has 0 radical (unpaired) electrons. The third kappa shape index (κ3) is 3.23. The lowest BCUT2D eigenvalue weighted by Crippen LogP contribution is -2.32. The Kier molecular flexibility index (Phi) is 4.30. The van der Waals surface area contributed by atoms with E-state index in [1.165, 1.54) is 16.7 Å². The number of hydrogen-bond donors (Lipinski definition) is 1. The van der Waals surface area contributed by atoms with Crippen molar-refractivity contribution in [3.05, 3.63) is 29.3 Å². The number of nitrogens with zero attached hydrogens (tertiary/aromatic N) is 3. The summed E-state index contributed by atoms with van der Waals surface area (Å²) in [5.41, 5.74) is 0.737. The lowest BCUT2D eigenvalue weighted by Gasteiger charge is -2.10. The summed E-state index contributed by atoms with van der Waals surface area (Å²) in [5, 5.41) is 11.3. The van der Waals surface area contributed by atoms with Crippen LogP contribution in [-0.2, 0) is 4.79 Å². The lowest BCUT2D eigenvalue weighted by molar-refractivity contribution is -0.124. The summed E-state index contributed by atoms with van der Waals surface area (Å²) in [7, 11) is 0. The van der Waals surface area contributed by atoms with Gasteiger partial charge < -0.3 is 9.73 Å². The number of amides is 3. The quantitative estimate of drug-likeness (QED) is 0.663. The molecule has 1 fully saturated rings. The number of rotatable bonds is 5. The van der Waals surface area contributed by atoms with Crippen molar-refractivity contribution >= 4 is 35.3 Å². The van der Waals surface area contributed by atoms with Gasteiger partial charge in [0.25, 0.3) is 5.22 Å². The topological polar surface area (TPSA) is 88.3 Å². The fourth-order valence-corrected chi connectivity index (χ4v) is 2.79. The molecule has 2 aromatic rings. The lowest BCUT2D eigenvalue weighted by atomic mass is 10.2. The summed E-state index contributed by atoms with van der Waals surface area (Å²) in [6.45, 7) is 0.354. The molecule has 0 bridgehead atoms. The summed E-state index contributed by atoms with van der Waals surface area (Å²) < 4.78 is 5.52. The minimum absolute atomic E-state index is 0.0585. The van der Waals surface area contributed by atoms with Crippen LogP contribution in [0.5, 0.6) is 0 Å². The molecule has 114 valence electrons. The molecule has 0 unspecified atom stereocenters. The van der Waals surface area contributed by atoms with E-state index in [1.807, 2.05) is 6.07 Å². The number of aromatic nitrogens is 2. The summed E-state index contributed by atoms with van der Waals surface area (Å²) in [5.74, 6) is 0.631. The normalized spacial score (nSPS) is 14.5. The summed E-state index contributed by atoms with van der Waals surface area (Å²) in [6, 6.07) is 6.75. The second-order valence-corrected chi connectivity index (χ2v) is 5.92. The van der Waals surface area contributed by atoms with Crippen LogP contribution in [0.25, 0.3) is 11.5 Å². The van der Waals surface area contributed by atoms with Crippen LogP contribution in [0.15, 0.2) is 33.9 Å². The van der Waals surface area contributed by atoms with Gasteiger partial charge in [-0.2, -0.15) is 0 Å². The molecule has 0 aliphatic carbocycles. The third-order valence-electron chi connectivity index (χ3n) is 2.96. The van der Waals surface area contributed by atoms with E-state index in [4.69, 9.17) is 16.0 Å². The van der Waals surface area contributed by atoms with Gasteiger partial charge in [0, 0.05) is 22.9 Å². The molecule has 1 aliphatic rings. The number of halogens is 1. The molecule has 1 N–H and O–H groups in total. The summed E-state index contributed by atoms with van der Waals surface area (Å²) in [4.78, 5) is 24.0. The number of hydrogen-bond acceptors (Lipinski definition) is 6. The van der Waals surface area contributed by atoms with Crippen molar-refractivity contribution in [3.63, 3.8) is 0 Å². The van der Waals surface area contributed by atoms with E-state index in [1.54, 1.807) is 18.2 Å². The molecule has 0 saturated carbocycles. The molecule has 3 rings (SSSR count). The average molecular weight is 339 g/mol. The van der Waals surface area contributed by atoms with Gasteiger partial charge in [0.05, 0.1) is 6.54 Å². The highest BCUT2D eigenvalue weighted by molar-refractivity contribution is 7.99. The molecule has 0 spiro atoms. The number of thioether (sulfide) groups is 1. The number of carbonyl (C=O) groups excluding carboxylic acids is 2. The van der Waals surface area contributed by atoms with Crippen molar-refractivity contribution in [2.45, 2.75) is 5.22 Å². The number of benzene rings is 1. The van der Waals surface area contributed by atoms with Gasteiger partial charge in [-0.1, -0.05) is 29.4 Å². The molecule has 22 heavy (non-hydrogen) atoms. The van der Waals surface area contributed by atoms with Crippen LogP contribution < -0.4 is 5.32 Å². The van der Waals surface area contributed by atoms with Gasteiger partial charge in [-0.3, -0.25) is 9.69 Å². The first kappa shape index (κ1) is 14.9. The van der Waals surface area contributed by atoms with E-state index in [9.17, 15) is 9.59 Å². The third-order valence-corrected chi connectivity index (χ3v) is 3.99. The van der Waals surface area contributed by atoms with Crippen molar-refractivity contribution in [1.82, 2.24) is 20.4 Å². The largest absolute Gasteiger partial charge is 0.411 e. The Morgan fingerprint density at radius 1 is 1.36 bits per heavy atom. The van der Waals surface area contributed by atoms with Crippen LogP contribution >= 0.6 is 23.4 Å². The molecular weight excluding hydrogens is 328 g/mol. The molecule has 1 aliphatic heterocycles. The van der Waals surface area contributed by atoms with Crippen LogP contribution in [0.2, 0.25) is 5.02 Å². The van der Waals surface area contributed by atoms with E-state index >= 15 is 0 Å². The van der Waals surface area contributed by atoms with Crippen molar-refractivity contribution < 1.29 is 14.0 Å². The van der Waals surface area contributed by atoms with Crippen LogP contribution in [0.4, 0.5) is 4.79 Å². The monoisotopic (exact) mass is 338 g/mol. The van der Waals surface area contributed by atoms with Gasteiger partial charge in [0.2, 0.25) is 11.8 Å². The highest BCUT2D eigenvalue weighted by Crippen LogP contribution is 2.25. The maximum Gasteiger partial charge on any atom is 0.324 e. The van der Waals surface area contributed by atoms with E-state index < -0.39 is 0 Å². The maximum absolute atomic E-state index is 11.4. The van der Waals surface area contributed by atoms with E-state index in [2.05, 4.69) is 15.5 Å². The molecule has 3 amide bonds. The zero-order chi connectivity index (χ0) is 15.5. The van der Waals surface area contributed by atoms with E-state index in [0.717, 1.165) is 5.56 Å². The van der Waals surface area contributed by atoms with E-state index in [0.29, 0.717) is 28.4 Å². The van der Waals surface area contributed by atoms with Crippen molar-refractivity contribution in [3.8, 4) is 11.5 Å². The smallest absolute Gasteiger partial charge is 0.324 e. The van der Waals surface area contributed by atoms with Crippen molar-refractivity contribution in [2.75, 3.05) is 18.8 Å². The molecule has 9 heteroatoms. The van der Waals surface area contributed by atoms with Crippen LogP contribution in [0.3, 0.4) is 0 Å². The van der Waals surface area contributed by atoms with Gasteiger partial charge >= 0.3 is 6.03 Å². The number of imide groups is 1.